The molecule has 1 N–H and O–H groups in total. The summed E-state index contributed by atoms with van der Waals surface area (Å²) in [4.78, 5) is 12.9. The number of anilines is 1. The molecule has 4 rings (SSSR count). The third kappa shape index (κ3) is 5.88. The zero-order valence-electron chi connectivity index (χ0n) is 20.1. The van der Waals surface area contributed by atoms with Gasteiger partial charge in [-0.2, -0.15) is 5.10 Å². The molecule has 0 atom stereocenters. The zero-order chi connectivity index (χ0) is 26.6. The summed E-state index contributed by atoms with van der Waals surface area (Å²) >= 11 is 12.1. The maximum absolute atomic E-state index is 13.4. The summed E-state index contributed by atoms with van der Waals surface area (Å²) < 4.78 is 29.9. The molecule has 0 bridgehead atoms. The number of hydrogen-bond donors (Lipinski definition) is 1. The molecule has 0 aliphatic rings. The normalized spacial score (nSPS) is 11.6. The average molecular weight is 555 g/mol. The molecule has 10 heteroatoms. The Hall–Kier alpha value is -3.59. The second kappa shape index (κ2) is 11.2. The zero-order valence-corrected chi connectivity index (χ0v) is 22.4. The molecule has 4 aromatic rings. The van der Waals surface area contributed by atoms with E-state index in [0.717, 1.165) is 26.9 Å². The van der Waals surface area contributed by atoms with Gasteiger partial charge in [-0.05, 0) is 62.4 Å². The molecule has 0 aliphatic heterocycles. The molecule has 0 fully saturated rings. The van der Waals surface area contributed by atoms with Crippen LogP contribution in [0.4, 0.5) is 5.69 Å². The highest BCUT2D eigenvalue weighted by Gasteiger charge is 2.27. The van der Waals surface area contributed by atoms with E-state index >= 15 is 0 Å². The van der Waals surface area contributed by atoms with Crippen molar-refractivity contribution in [2.75, 3.05) is 10.8 Å². The number of aryl methyl sites for hydroxylation is 1. The molecule has 1 aromatic heterocycles. The number of para-hydroxylation sites is 1. The second-order valence-corrected chi connectivity index (χ2v) is 10.9. The molecule has 0 spiro atoms. The largest absolute Gasteiger partial charge is 0.318 e. The number of carbonyl (C=O) groups is 1. The average Bonchev–Trinajstić information content (AvgIpc) is 3.17. The molecule has 0 aliphatic carbocycles. The molecule has 1 heterocycles. The van der Waals surface area contributed by atoms with E-state index in [-0.39, 0.29) is 20.6 Å². The van der Waals surface area contributed by atoms with Gasteiger partial charge >= 0.3 is 0 Å². The Morgan fingerprint density at radius 1 is 0.946 bits per heavy atom. The molecule has 1 amide bonds. The highest BCUT2D eigenvalue weighted by Crippen LogP contribution is 2.30. The Morgan fingerprint density at radius 3 is 2.24 bits per heavy atom. The van der Waals surface area contributed by atoms with E-state index in [4.69, 9.17) is 23.2 Å². The number of nitrogens with zero attached hydrogens (tertiary/aromatic N) is 3. The lowest BCUT2D eigenvalue weighted by molar-refractivity contribution is -0.119. The lowest BCUT2D eigenvalue weighted by Crippen LogP contribution is -2.39. The van der Waals surface area contributed by atoms with Crippen LogP contribution in [-0.4, -0.2) is 31.7 Å². The number of hydrazone groups is 1. The lowest BCUT2D eigenvalue weighted by atomic mass is 10.2. The fourth-order valence-corrected chi connectivity index (χ4v) is 5.63. The number of nitrogens with one attached hydrogen (secondary N) is 1. The lowest BCUT2D eigenvalue weighted by Gasteiger charge is -2.24. The molecule has 0 saturated carbocycles. The van der Waals surface area contributed by atoms with Gasteiger partial charge in [0, 0.05) is 22.6 Å². The van der Waals surface area contributed by atoms with Crippen LogP contribution in [0.25, 0.3) is 5.69 Å². The van der Waals surface area contributed by atoms with Crippen LogP contribution < -0.4 is 9.73 Å². The Bertz CT molecular complexity index is 1550. The number of amides is 1. The van der Waals surface area contributed by atoms with Gasteiger partial charge in [0.05, 0.1) is 26.8 Å². The molecular weight excluding hydrogens is 531 g/mol. The Balaban J connectivity index is 1.56. The summed E-state index contributed by atoms with van der Waals surface area (Å²) in [5.74, 6) is -0.626. The number of carbonyl (C=O) groups excluding carboxylic acids is 1. The molecule has 0 radical (unpaired) electrons. The molecule has 7 nitrogen and oxygen atoms in total. The number of hydrogen-bond acceptors (Lipinski definition) is 4. The van der Waals surface area contributed by atoms with Gasteiger partial charge in [-0.3, -0.25) is 9.10 Å². The van der Waals surface area contributed by atoms with Crippen molar-refractivity contribution in [1.82, 2.24) is 9.99 Å². The van der Waals surface area contributed by atoms with Crippen LogP contribution in [0, 0.1) is 13.8 Å². The minimum atomic E-state index is -4.08. The molecule has 37 heavy (non-hydrogen) atoms. The van der Waals surface area contributed by atoms with Gasteiger partial charge in [0.15, 0.2) is 0 Å². The van der Waals surface area contributed by atoms with Crippen molar-refractivity contribution < 1.29 is 13.2 Å². The van der Waals surface area contributed by atoms with Gasteiger partial charge in [-0.1, -0.05) is 59.6 Å². The van der Waals surface area contributed by atoms with E-state index in [1.807, 2.05) is 50.2 Å². The molecule has 3 aromatic carbocycles. The predicted molar refractivity (Wildman–Crippen MR) is 148 cm³/mol. The minimum absolute atomic E-state index is 0.0331. The van der Waals surface area contributed by atoms with Crippen molar-refractivity contribution in [3.8, 4) is 5.69 Å². The first-order chi connectivity index (χ1) is 17.7. The quantitative estimate of drug-likeness (QED) is 0.222. The van der Waals surface area contributed by atoms with Crippen molar-refractivity contribution in [2.45, 2.75) is 18.7 Å². The summed E-state index contributed by atoms with van der Waals surface area (Å²) in [5, 5.41) is 4.51. The van der Waals surface area contributed by atoms with Crippen LogP contribution in [0.15, 0.2) is 94.9 Å². The third-order valence-electron chi connectivity index (χ3n) is 5.69. The van der Waals surface area contributed by atoms with Gasteiger partial charge < -0.3 is 4.57 Å². The van der Waals surface area contributed by atoms with Crippen LogP contribution in [0.2, 0.25) is 10.0 Å². The third-order valence-corrected chi connectivity index (χ3v) is 8.21. The molecule has 0 saturated heterocycles. The number of rotatable bonds is 8. The summed E-state index contributed by atoms with van der Waals surface area (Å²) in [6.45, 7) is 3.43. The Kier molecular flexibility index (Phi) is 8.02. The smallest absolute Gasteiger partial charge is 0.264 e. The van der Waals surface area contributed by atoms with Crippen molar-refractivity contribution in [1.29, 1.82) is 0 Å². The Morgan fingerprint density at radius 2 is 1.59 bits per heavy atom. The van der Waals surface area contributed by atoms with Gasteiger partial charge in [0.2, 0.25) is 0 Å². The minimum Gasteiger partial charge on any atom is -0.318 e. The van der Waals surface area contributed by atoms with E-state index < -0.39 is 22.5 Å². The van der Waals surface area contributed by atoms with Crippen molar-refractivity contribution in [2.24, 2.45) is 5.10 Å². The van der Waals surface area contributed by atoms with Crippen LogP contribution in [0.3, 0.4) is 0 Å². The monoisotopic (exact) mass is 554 g/mol. The number of benzene rings is 3. The fraction of sp³-hybridized carbons (Fsp3) is 0.111. The van der Waals surface area contributed by atoms with E-state index in [9.17, 15) is 13.2 Å². The van der Waals surface area contributed by atoms with E-state index in [1.165, 1.54) is 36.5 Å². The number of aromatic nitrogens is 1. The fourth-order valence-electron chi connectivity index (χ4n) is 3.91. The summed E-state index contributed by atoms with van der Waals surface area (Å²) in [7, 11) is -4.08. The van der Waals surface area contributed by atoms with E-state index in [2.05, 4.69) is 15.1 Å². The topological polar surface area (TPSA) is 83.8 Å². The van der Waals surface area contributed by atoms with Crippen molar-refractivity contribution in [3.05, 3.63) is 112 Å². The first-order valence-electron chi connectivity index (χ1n) is 11.3. The number of halogens is 2. The second-order valence-electron chi connectivity index (χ2n) is 8.21. The highest BCUT2D eigenvalue weighted by molar-refractivity contribution is 7.92. The standard InChI is InChI=1S/C27H24Cl2N4O3S/c1-19-15-21(20(2)33(19)22-9-5-3-6-10-22)17-30-31-27(34)18-32(23-13-14-25(28)26(29)16-23)37(35,36)24-11-7-4-8-12-24/h3-17H,18H2,1-2H3,(H,31,34)/b30-17-. The Labute approximate surface area is 226 Å². The van der Waals surface area contributed by atoms with Crippen LogP contribution in [0.1, 0.15) is 17.0 Å². The summed E-state index contributed by atoms with van der Waals surface area (Å²) in [5.41, 5.74) is 6.43. The maximum Gasteiger partial charge on any atom is 0.264 e. The van der Waals surface area contributed by atoms with Gasteiger partial charge in [0.1, 0.15) is 6.54 Å². The highest BCUT2D eigenvalue weighted by atomic mass is 35.5. The van der Waals surface area contributed by atoms with Gasteiger partial charge in [0.25, 0.3) is 15.9 Å². The molecule has 190 valence electrons. The first-order valence-corrected chi connectivity index (χ1v) is 13.5. The summed E-state index contributed by atoms with van der Waals surface area (Å²) in [6.07, 6.45) is 1.54. The van der Waals surface area contributed by atoms with Crippen LogP contribution in [-0.2, 0) is 14.8 Å². The molecule has 0 unspecified atom stereocenters. The predicted octanol–water partition coefficient (Wildman–Crippen LogP) is 5.75. The summed E-state index contributed by atoms with van der Waals surface area (Å²) in [6, 6.07) is 24.1. The van der Waals surface area contributed by atoms with Gasteiger partial charge in [-0.25, -0.2) is 13.8 Å². The van der Waals surface area contributed by atoms with E-state index in [1.54, 1.807) is 18.2 Å². The van der Waals surface area contributed by atoms with E-state index in [0.29, 0.717) is 0 Å². The van der Waals surface area contributed by atoms with Gasteiger partial charge in [-0.15, -0.1) is 0 Å². The van der Waals surface area contributed by atoms with Crippen molar-refractivity contribution >= 4 is 51.0 Å². The van der Waals surface area contributed by atoms with Crippen molar-refractivity contribution in [3.63, 3.8) is 0 Å². The van der Waals surface area contributed by atoms with Crippen LogP contribution >= 0.6 is 23.2 Å². The maximum atomic E-state index is 13.4. The first kappa shape index (κ1) is 26.5. The van der Waals surface area contributed by atoms with Crippen LogP contribution in [0.5, 0.6) is 0 Å². The number of sulfonamides is 1. The SMILES string of the molecule is Cc1cc(/C=N\NC(=O)CN(c2ccc(Cl)c(Cl)c2)S(=O)(=O)c2ccccc2)c(C)n1-c1ccccc1. The molecular formula is C27H24Cl2N4O3S.